The molecular formula is C19H24N4O. The number of piperidine rings is 1. The fraction of sp³-hybridized carbons (Fsp3) is 0.421. The fourth-order valence-electron chi connectivity index (χ4n) is 3.16. The minimum Gasteiger partial charge on any atom is -0.355 e. The van der Waals surface area contributed by atoms with Crippen molar-refractivity contribution in [3.05, 3.63) is 47.7 Å². The summed E-state index contributed by atoms with van der Waals surface area (Å²) in [7, 11) is 0. The zero-order valence-corrected chi connectivity index (χ0v) is 14.4. The molecule has 126 valence electrons. The maximum atomic E-state index is 12.8. The van der Waals surface area contributed by atoms with E-state index in [-0.39, 0.29) is 5.91 Å². The lowest BCUT2D eigenvalue weighted by Gasteiger charge is -2.27. The molecule has 0 saturated carbocycles. The molecule has 1 aliphatic rings. The summed E-state index contributed by atoms with van der Waals surface area (Å²) in [4.78, 5) is 16.8. The minimum absolute atomic E-state index is 0.107. The van der Waals surface area contributed by atoms with Crippen LogP contribution in [0.15, 0.2) is 36.4 Å². The van der Waals surface area contributed by atoms with Crippen LogP contribution >= 0.6 is 0 Å². The molecule has 1 aliphatic heterocycles. The lowest BCUT2D eigenvalue weighted by molar-refractivity contribution is 0.0982. The predicted molar refractivity (Wildman–Crippen MR) is 96.6 cm³/mol. The molecule has 1 aromatic carbocycles. The first-order valence-electron chi connectivity index (χ1n) is 8.67. The first-order chi connectivity index (χ1) is 11.7. The number of nitrogens with zero attached hydrogens (tertiary/aromatic N) is 4. The van der Waals surface area contributed by atoms with E-state index in [0.717, 1.165) is 30.2 Å². The van der Waals surface area contributed by atoms with Gasteiger partial charge in [-0.3, -0.25) is 4.79 Å². The summed E-state index contributed by atoms with van der Waals surface area (Å²) in [5.41, 5.74) is 2.39. The lowest BCUT2D eigenvalue weighted by Crippen LogP contribution is -2.33. The lowest BCUT2D eigenvalue weighted by atomic mass is 10.1. The van der Waals surface area contributed by atoms with E-state index in [1.54, 1.807) is 11.0 Å². The second kappa shape index (κ2) is 7.43. The van der Waals surface area contributed by atoms with Crippen LogP contribution in [0.5, 0.6) is 0 Å². The van der Waals surface area contributed by atoms with Crippen molar-refractivity contribution >= 4 is 17.4 Å². The number of hydrogen-bond donors (Lipinski definition) is 0. The van der Waals surface area contributed by atoms with Crippen LogP contribution in [0.4, 0.5) is 11.5 Å². The second-order valence-corrected chi connectivity index (χ2v) is 6.16. The standard InChI is InChI=1S/C19H24N4O/c1-3-23(17-10-6-5-9-15(17)2)19(24)16-11-12-18(21-20-16)22-13-7-4-8-14-22/h5-6,9-12H,3-4,7-8,13-14H2,1-2H3. The number of benzene rings is 1. The summed E-state index contributed by atoms with van der Waals surface area (Å²) in [5, 5.41) is 8.48. The average Bonchev–Trinajstić information content (AvgIpc) is 2.64. The number of carbonyl (C=O) groups is 1. The molecule has 1 aromatic heterocycles. The van der Waals surface area contributed by atoms with Gasteiger partial charge < -0.3 is 9.80 Å². The van der Waals surface area contributed by atoms with Gasteiger partial charge in [0.15, 0.2) is 11.5 Å². The Kier molecular flexibility index (Phi) is 5.08. The number of amides is 1. The Morgan fingerprint density at radius 3 is 2.46 bits per heavy atom. The van der Waals surface area contributed by atoms with Crippen molar-refractivity contribution in [1.82, 2.24) is 10.2 Å². The number of aryl methyl sites for hydroxylation is 1. The molecule has 5 nitrogen and oxygen atoms in total. The van der Waals surface area contributed by atoms with Gasteiger partial charge in [0.05, 0.1) is 0 Å². The van der Waals surface area contributed by atoms with Crippen molar-refractivity contribution in [2.45, 2.75) is 33.1 Å². The number of aromatic nitrogens is 2. The molecule has 1 amide bonds. The molecule has 0 N–H and O–H groups in total. The average molecular weight is 324 g/mol. The molecule has 0 radical (unpaired) electrons. The molecule has 2 aromatic rings. The summed E-state index contributed by atoms with van der Waals surface area (Å²) in [6.07, 6.45) is 3.67. The second-order valence-electron chi connectivity index (χ2n) is 6.16. The van der Waals surface area contributed by atoms with Crippen LogP contribution in [0.2, 0.25) is 0 Å². The Balaban J connectivity index is 1.79. The third-order valence-electron chi connectivity index (χ3n) is 4.52. The molecular weight excluding hydrogens is 300 g/mol. The molecule has 24 heavy (non-hydrogen) atoms. The van der Waals surface area contributed by atoms with Crippen molar-refractivity contribution in [3.8, 4) is 0 Å². The van der Waals surface area contributed by atoms with Crippen LogP contribution in [-0.2, 0) is 0 Å². The topological polar surface area (TPSA) is 49.3 Å². The highest BCUT2D eigenvalue weighted by atomic mass is 16.2. The van der Waals surface area contributed by atoms with Gasteiger partial charge >= 0.3 is 0 Å². The van der Waals surface area contributed by atoms with Gasteiger partial charge in [-0.15, -0.1) is 10.2 Å². The number of hydrogen-bond acceptors (Lipinski definition) is 4. The van der Waals surface area contributed by atoms with Gasteiger partial charge in [0.1, 0.15) is 0 Å². The van der Waals surface area contributed by atoms with E-state index in [4.69, 9.17) is 0 Å². The van der Waals surface area contributed by atoms with Gasteiger partial charge in [-0.2, -0.15) is 0 Å². The predicted octanol–water partition coefficient (Wildman–Crippen LogP) is 3.44. The van der Waals surface area contributed by atoms with Crippen molar-refractivity contribution in [1.29, 1.82) is 0 Å². The van der Waals surface area contributed by atoms with Crippen LogP contribution in [0.25, 0.3) is 0 Å². The molecule has 0 unspecified atom stereocenters. The zero-order valence-electron chi connectivity index (χ0n) is 14.4. The Hall–Kier alpha value is -2.43. The quantitative estimate of drug-likeness (QED) is 0.864. The first-order valence-corrected chi connectivity index (χ1v) is 8.67. The maximum Gasteiger partial charge on any atom is 0.278 e. The van der Waals surface area contributed by atoms with Crippen molar-refractivity contribution in [2.24, 2.45) is 0 Å². The van der Waals surface area contributed by atoms with Crippen LogP contribution in [0, 0.1) is 6.92 Å². The van der Waals surface area contributed by atoms with Gasteiger partial charge in [-0.05, 0) is 56.9 Å². The molecule has 1 fully saturated rings. The highest BCUT2D eigenvalue weighted by Crippen LogP contribution is 2.22. The smallest absolute Gasteiger partial charge is 0.278 e. The summed E-state index contributed by atoms with van der Waals surface area (Å²) in [6, 6.07) is 11.6. The Morgan fingerprint density at radius 2 is 1.83 bits per heavy atom. The van der Waals surface area contributed by atoms with E-state index in [1.165, 1.54) is 19.3 Å². The van der Waals surface area contributed by atoms with Crippen LogP contribution in [0.3, 0.4) is 0 Å². The van der Waals surface area contributed by atoms with Gasteiger partial charge in [0.25, 0.3) is 5.91 Å². The third-order valence-corrected chi connectivity index (χ3v) is 4.52. The number of carbonyl (C=O) groups excluding carboxylic acids is 1. The molecule has 0 bridgehead atoms. The van der Waals surface area contributed by atoms with Gasteiger partial charge in [-0.1, -0.05) is 18.2 Å². The molecule has 1 saturated heterocycles. The SMILES string of the molecule is CCN(C(=O)c1ccc(N2CCCCC2)nn1)c1ccccc1C. The van der Waals surface area contributed by atoms with E-state index < -0.39 is 0 Å². The molecule has 0 aliphatic carbocycles. The molecule has 3 rings (SSSR count). The molecule has 0 spiro atoms. The van der Waals surface area contributed by atoms with Crippen molar-refractivity contribution in [2.75, 3.05) is 29.4 Å². The van der Waals surface area contributed by atoms with E-state index in [1.807, 2.05) is 44.2 Å². The maximum absolute atomic E-state index is 12.8. The summed E-state index contributed by atoms with van der Waals surface area (Å²) in [6.45, 7) is 6.62. The fourth-order valence-corrected chi connectivity index (χ4v) is 3.16. The van der Waals surface area contributed by atoms with E-state index >= 15 is 0 Å². The first kappa shape index (κ1) is 16.4. The minimum atomic E-state index is -0.107. The van der Waals surface area contributed by atoms with Gasteiger partial charge in [-0.25, -0.2) is 0 Å². The van der Waals surface area contributed by atoms with Crippen LogP contribution in [0.1, 0.15) is 42.2 Å². The van der Waals surface area contributed by atoms with E-state index in [0.29, 0.717) is 12.2 Å². The van der Waals surface area contributed by atoms with Gasteiger partial charge in [0.2, 0.25) is 0 Å². The monoisotopic (exact) mass is 324 g/mol. The highest BCUT2D eigenvalue weighted by Gasteiger charge is 2.20. The number of para-hydroxylation sites is 1. The number of anilines is 2. The van der Waals surface area contributed by atoms with E-state index in [9.17, 15) is 4.79 Å². The molecule has 2 heterocycles. The Morgan fingerprint density at radius 1 is 1.08 bits per heavy atom. The summed E-state index contributed by atoms with van der Waals surface area (Å²) < 4.78 is 0. The number of rotatable bonds is 4. The van der Waals surface area contributed by atoms with Crippen LogP contribution in [-0.4, -0.2) is 35.7 Å². The van der Waals surface area contributed by atoms with E-state index in [2.05, 4.69) is 15.1 Å². The largest absolute Gasteiger partial charge is 0.355 e. The van der Waals surface area contributed by atoms with Crippen molar-refractivity contribution in [3.63, 3.8) is 0 Å². The Labute approximate surface area is 143 Å². The third kappa shape index (κ3) is 3.40. The summed E-state index contributed by atoms with van der Waals surface area (Å²) in [5.74, 6) is 0.759. The van der Waals surface area contributed by atoms with Gasteiger partial charge in [0, 0.05) is 25.3 Å². The highest BCUT2D eigenvalue weighted by molar-refractivity contribution is 6.05. The van der Waals surface area contributed by atoms with Crippen LogP contribution < -0.4 is 9.80 Å². The van der Waals surface area contributed by atoms with Crippen molar-refractivity contribution < 1.29 is 4.79 Å². The zero-order chi connectivity index (χ0) is 16.9. The summed E-state index contributed by atoms with van der Waals surface area (Å²) >= 11 is 0. The normalized spacial score (nSPS) is 14.5. The Bertz CT molecular complexity index is 693. The molecule has 0 atom stereocenters. The molecule has 5 heteroatoms.